The number of para-hydroxylation sites is 1. The molecule has 0 saturated heterocycles. The van der Waals surface area contributed by atoms with E-state index < -0.39 is 15.9 Å². The quantitative estimate of drug-likeness (QED) is 0.238. The maximum Gasteiger partial charge on any atom is 0.266 e. The summed E-state index contributed by atoms with van der Waals surface area (Å²) in [5, 5.41) is 8.25. The van der Waals surface area contributed by atoms with Gasteiger partial charge in [0.1, 0.15) is 0 Å². The highest BCUT2D eigenvalue weighted by atomic mass is 35.5. The van der Waals surface area contributed by atoms with E-state index in [1.54, 1.807) is 53.2 Å². The van der Waals surface area contributed by atoms with Crippen molar-refractivity contribution in [1.82, 2.24) is 25.0 Å². The van der Waals surface area contributed by atoms with Crippen LogP contribution in [0.2, 0.25) is 5.02 Å². The number of hydrazine groups is 1. The van der Waals surface area contributed by atoms with Crippen LogP contribution in [0.3, 0.4) is 0 Å². The lowest BCUT2D eigenvalue weighted by Gasteiger charge is -2.09. The third kappa shape index (κ3) is 5.57. The molecule has 0 saturated carbocycles. The van der Waals surface area contributed by atoms with Crippen molar-refractivity contribution in [2.45, 2.75) is 4.90 Å². The summed E-state index contributed by atoms with van der Waals surface area (Å²) in [4.78, 5) is 19.5. The van der Waals surface area contributed by atoms with Gasteiger partial charge in [0.25, 0.3) is 15.9 Å². The summed E-state index contributed by atoms with van der Waals surface area (Å²) in [6.07, 6.45) is 0. The molecule has 190 valence electrons. The average Bonchev–Trinajstić information content (AvgIpc) is 3.36. The van der Waals surface area contributed by atoms with E-state index in [0.717, 1.165) is 5.69 Å². The first kappa shape index (κ1) is 25.2. The van der Waals surface area contributed by atoms with Crippen molar-refractivity contribution in [2.75, 3.05) is 5.32 Å². The molecule has 0 aliphatic carbocycles. The summed E-state index contributed by atoms with van der Waals surface area (Å²) < 4.78 is 26.5. The predicted molar refractivity (Wildman–Crippen MR) is 146 cm³/mol. The number of halogens is 1. The number of carbonyl (C=O) groups excluding carboxylic acids is 1. The molecule has 38 heavy (non-hydrogen) atoms. The van der Waals surface area contributed by atoms with Crippen LogP contribution in [0.25, 0.3) is 17.1 Å². The summed E-state index contributed by atoms with van der Waals surface area (Å²) >= 11 is 6.45. The molecule has 1 aromatic heterocycles. The molecule has 5 aromatic rings. The number of benzene rings is 4. The number of sulfonamides is 1. The molecule has 0 unspecified atom stereocenters. The summed E-state index contributed by atoms with van der Waals surface area (Å²) in [5.74, 6) is 0.187. The minimum atomic E-state index is -3.91. The highest BCUT2D eigenvalue weighted by Crippen LogP contribution is 2.29. The summed E-state index contributed by atoms with van der Waals surface area (Å²) in [6.45, 7) is 0. The second-order valence-corrected chi connectivity index (χ2v) is 10.2. The van der Waals surface area contributed by atoms with Crippen LogP contribution in [0.15, 0.2) is 114 Å². The minimum Gasteiger partial charge on any atom is -0.323 e. The zero-order valence-corrected chi connectivity index (χ0v) is 21.3. The minimum absolute atomic E-state index is 0.0325. The Kier molecular flexibility index (Phi) is 7.18. The van der Waals surface area contributed by atoms with Gasteiger partial charge in [0.15, 0.2) is 5.82 Å². The Balaban J connectivity index is 1.38. The van der Waals surface area contributed by atoms with Gasteiger partial charge in [0, 0.05) is 16.8 Å². The number of hydrogen-bond donors (Lipinski definition) is 3. The lowest BCUT2D eigenvalue weighted by Crippen LogP contribution is -2.41. The highest BCUT2D eigenvalue weighted by Gasteiger charge is 2.18. The van der Waals surface area contributed by atoms with Gasteiger partial charge >= 0.3 is 0 Å². The molecule has 3 N–H and O–H groups in total. The van der Waals surface area contributed by atoms with Crippen LogP contribution in [0.4, 0.5) is 11.6 Å². The van der Waals surface area contributed by atoms with Gasteiger partial charge in [-0.1, -0.05) is 66.2 Å². The van der Waals surface area contributed by atoms with Crippen LogP contribution in [0.1, 0.15) is 10.4 Å². The van der Waals surface area contributed by atoms with E-state index in [0.29, 0.717) is 22.1 Å². The molecule has 0 radical (unpaired) electrons. The normalized spacial score (nSPS) is 11.2. The van der Waals surface area contributed by atoms with Crippen molar-refractivity contribution in [3.05, 3.63) is 120 Å². The van der Waals surface area contributed by atoms with E-state index in [-0.39, 0.29) is 16.4 Å². The second-order valence-electron chi connectivity index (χ2n) is 8.06. The van der Waals surface area contributed by atoms with Crippen molar-refractivity contribution in [3.8, 4) is 17.1 Å². The van der Waals surface area contributed by atoms with E-state index in [1.165, 1.54) is 12.1 Å². The molecule has 9 nitrogen and oxygen atoms in total. The van der Waals surface area contributed by atoms with Crippen LogP contribution in [0.5, 0.6) is 0 Å². The third-order valence-corrected chi connectivity index (χ3v) is 7.05. The molecule has 0 aliphatic rings. The molecular formula is C27H21ClN6O3S. The van der Waals surface area contributed by atoms with Gasteiger partial charge in [0.2, 0.25) is 5.95 Å². The zero-order valence-electron chi connectivity index (χ0n) is 19.7. The fourth-order valence-electron chi connectivity index (χ4n) is 3.64. The second kappa shape index (κ2) is 10.9. The van der Waals surface area contributed by atoms with E-state index in [4.69, 9.17) is 11.6 Å². The number of amides is 1. The van der Waals surface area contributed by atoms with E-state index in [1.807, 2.05) is 48.5 Å². The van der Waals surface area contributed by atoms with Gasteiger partial charge in [0.05, 0.1) is 15.6 Å². The fraction of sp³-hybridized carbons (Fsp3) is 0. The first-order valence-corrected chi connectivity index (χ1v) is 13.3. The largest absolute Gasteiger partial charge is 0.323 e. The number of carbonyl (C=O) groups is 1. The van der Waals surface area contributed by atoms with Crippen molar-refractivity contribution in [2.24, 2.45) is 0 Å². The molecular weight excluding hydrogens is 524 g/mol. The smallest absolute Gasteiger partial charge is 0.266 e. The van der Waals surface area contributed by atoms with Gasteiger partial charge in [-0.15, -0.1) is 9.93 Å². The predicted octanol–water partition coefficient (Wildman–Crippen LogP) is 4.95. The Morgan fingerprint density at radius 2 is 1.50 bits per heavy atom. The summed E-state index contributed by atoms with van der Waals surface area (Å²) in [7, 11) is -3.91. The van der Waals surface area contributed by atoms with Crippen LogP contribution < -0.4 is 15.6 Å². The van der Waals surface area contributed by atoms with E-state index in [2.05, 4.69) is 25.7 Å². The zero-order chi connectivity index (χ0) is 26.5. The molecule has 0 bridgehead atoms. The maximum atomic E-state index is 12.7. The molecule has 0 fully saturated rings. The number of rotatable bonds is 8. The third-order valence-electron chi connectivity index (χ3n) is 5.46. The Morgan fingerprint density at radius 1 is 0.816 bits per heavy atom. The van der Waals surface area contributed by atoms with Crippen molar-refractivity contribution < 1.29 is 13.2 Å². The van der Waals surface area contributed by atoms with Crippen LogP contribution in [-0.2, 0) is 10.0 Å². The molecule has 1 heterocycles. The van der Waals surface area contributed by atoms with Crippen LogP contribution >= 0.6 is 11.6 Å². The maximum absolute atomic E-state index is 12.7. The first-order valence-electron chi connectivity index (χ1n) is 11.4. The van der Waals surface area contributed by atoms with E-state index in [9.17, 15) is 13.2 Å². The monoisotopic (exact) mass is 544 g/mol. The topological polar surface area (TPSA) is 118 Å². The van der Waals surface area contributed by atoms with E-state index >= 15 is 0 Å². The molecule has 1 amide bonds. The van der Waals surface area contributed by atoms with Crippen LogP contribution in [0, 0.1) is 0 Å². The molecule has 0 atom stereocenters. The van der Waals surface area contributed by atoms with Gasteiger partial charge in [-0.05, 0) is 54.6 Å². The highest BCUT2D eigenvalue weighted by molar-refractivity contribution is 7.89. The Labute approximate surface area is 224 Å². The Morgan fingerprint density at radius 3 is 2.24 bits per heavy atom. The lowest BCUT2D eigenvalue weighted by molar-refractivity contribution is 0.0945. The number of hydrogen-bond acceptors (Lipinski definition) is 6. The summed E-state index contributed by atoms with van der Waals surface area (Å²) in [6, 6.07) is 31.1. The van der Waals surface area contributed by atoms with Crippen molar-refractivity contribution in [3.63, 3.8) is 0 Å². The SMILES string of the molecule is O=C(NNS(=O)(=O)c1ccccc1)c1cccc(Nc2nc(-c3ccccc3Cl)n(-c3ccccc3)n2)c1. The van der Waals surface area contributed by atoms with Crippen molar-refractivity contribution >= 4 is 39.2 Å². The molecule has 0 spiro atoms. The van der Waals surface area contributed by atoms with Gasteiger partial charge in [-0.3, -0.25) is 10.2 Å². The molecule has 11 heteroatoms. The lowest BCUT2D eigenvalue weighted by atomic mass is 10.2. The molecule has 0 aliphatic heterocycles. The van der Waals surface area contributed by atoms with Crippen LogP contribution in [-0.4, -0.2) is 29.1 Å². The first-order chi connectivity index (χ1) is 18.4. The standard InChI is InChI=1S/C27H21ClN6O3S/c28-24-17-8-7-16-23(24)25-30-27(32-34(25)21-12-3-1-4-13-21)29-20-11-9-10-19(18-20)26(35)31-33-38(36,37)22-14-5-2-6-15-22/h1-18,33H,(H,29,32)(H,31,35). The van der Waals surface area contributed by atoms with Gasteiger partial charge in [-0.25, -0.2) is 13.1 Å². The number of anilines is 2. The average molecular weight is 545 g/mol. The Bertz CT molecular complexity index is 1690. The van der Waals surface area contributed by atoms with Gasteiger partial charge < -0.3 is 5.32 Å². The fourth-order valence-corrected chi connectivity index (χ4v) is 4.72. The van der Waals surface area contributed by atoms with Gasteiger partial charge in [-0.2, -0.15) is 4.98 Å². The molecule has 4 aromatic carbocycles. The number of aromatic nitrogens is 3. The number of nitrogens with one attached hydrogen (secondary N) is 3. The van der Waals surface area contributed by atoms with Crippen molar-refractivity contribution in [1.29, 1.82) is 0 Å². The summed E-state index contributed by atoms with van der Waals surface area (Å²) in [5.41, 5.74) is 4.48. The number of nitrogens with zero attached hydrogens (tertiary/aromatic N) is 3. The Hall–Kier alpha value is -4.51. The molecule has 5 rings (SSSR count).